The number of hydrazine groups is 1. The Morgan fingerprint density at radius 2 is 2.23 bits per heavy atom. The molecule has 1 aliphatic heterocycles. The van der Waals surface area contributed by atoms with Crippen LogP contribution >= 0.6 is 0 Å². The molecule has 0 aromatic carbocycles. The van der Waals surface area contributed by atoms with E-state index in [0.717, 1.165) is 0 Å². The number of amides is 1. The minimum absolute atomic E-state index is 0.201. The van der Waals surface area contributed by atoms with Gasteiger partial charge < -0.3 is 5.73 Å². The zero-order valence-corrected chi connectivity index (χ0v) is 8.66. The Balaban J connectivity index is 2.63. The Hall–Kier alpha value is -0.610. The van der Waals surface area contributed by atoms with Gasteiger partial charge in [0, 0.05) is 32.6 Å². The van der Waals surface area contributed by atoms with Gasteiger partial charge >= 0.3 is 0 Å². The Morgan fingerprint density at radius 3 is 2.62 bits per heavy atom. The van der Waals surface area contributed by atoms with Crippen LogP contribution in [0.15, 0.2) is 0 Å². The van der Waals surface area contributed by atoms with Gasteiger partial charge in [-0.2, -0.15) is 0 Å². The second-order valence-corrected chi connectivity index (χ2v) is 3.89. The number of carbonyl (C=O) groups is 1. The van der Waals surface area contributed by atoms with Crippen molar-refractivity contribution in [1.82, 2.24) is 10.0 Å². The molecule has 2 N–H and O–H groups in total. The number of nitrogens with two attached hydrogens (primary N) is 1. The first-order valence-electron chi connectivity index (χ1n) is 4.81. The van der Waals surface area contributed by atoms with Crippen molar-refractivity contribution < 1.29 is 4.79 Å². The van der Waals surface area contributed by atoms with Crippen LogP contribution in [0.4, 0.5) is 0 Å². The molecule has 1 unspecified atom stereocenters. The molecule has 1 amide bonds. The quantitative estimate of drug-likeness (QED) is 0.676. The molecule has 4 nitrogen and oxygen atoms in total. The van der Waals surface area contributed by atoms with Crippen molar-refractivity contribution in [2.24, 2.45) is 11.7 Å². The lowest BCUT2D eigenvalue weighted by Gasteiger charge is -2.29. The lowest BCUT2D eigenvalue weighted by atomic mass is 10.0. The number of hydrogen-bond donors (Lipinski definition) is 1. The van der Waals surface area contributed by atoms with Gasteiger partial charge in [0.05, 0.1) is 0 Å². The summed E-state index contributed by atoms with van der Waals surface area (Å²) in [6.45, 7) is 5.44. The first kappa shape index (κ1) is 10.5. The van der Waals surface area contributed by atoms with E-state index in [-0.39, 0.29) is 5.91 Å². The van der Waals surface area contributed by atoms with Crippen molar-refractivity contribution in [2.45, 2.75) is 26.3 Å². The summed E-state index contributed by atoms with van der Waals surface area (Å²) in [4.78, 5) is 11.5. The van der Waals surface area contributed by atoms with Crippen LogP contribution in [0, 0.1) is 5.92 Å². The summed E-state index contributed by atoms with van der Waals surface area (Å²) in [5, 5.41) is 3.78. The summed E-state index contributed by atoms with van der Waals surface area (Å²) < 4.78 is 0. The van der Waals surface area contributed by atoms with Gasteiger partial charge in [0.25, 0.3) is 0 Å². The Labute approximate surface area is 79.6 Å². The number of nitrogens with zero attached hydrogens (tertiary/aromatic N) is 2. The van der Waals surface area contributed by atoms with Crippen molar-refractivity contribution in [1.29, 1.82) is 0 Å². The molecule has 1 rings (SSSR count). The Kier molecular flexibility index (Phi) is 3.27. The van der Waals surface area contributed by atoms with E-state index >= 15 is 0 Å². The van der Waals surface area contributed by atoms with E-state index in [0.29, 0.717) is 31.5 Å². The zero-order chi connectivity index (χ0) is 10.0. The standard InChI is InChI=1S/C9H19N3O/c1-7(2)8-6-9(13)12(5-4-10)11(8)3/h7-8H,4-6,10H2,1-3H3. The largest absolute Gasteiger partial charge is 0.329 e. The highest BCUT2D eigenvalue weighted by Crippen LogP contribution is 2.23. The minimum atomic E-state index is 0.201. The summed E-state index contributed by atoms with van der Waals surface area (Å²) in [5.41, 5.74) is 5.43. The summed E-state index contributed by atoms with van der Waals surface area (Å²) >= 11 is 0. The van der Waals surface area contributed by atoms with Gasteiger partial charge in [-0.1, -0.05) is 13.8 Å². The molecule has 0 aromatic heterocycles. The monoisotopic (exact) mass is 185 g/mol. The lowest BCUT2D eigenvalue weighted by Crippen LogP contribution is -2.43. The lowest BCUT2D eigenvalue weighted by molar-refractivity contribution is -0.137. The van der Waals surface area contributed by atoms with Gasteiger partial charge in [-0.3, -0.25) is 9.80 Å². The van der Waals surface area contributed by atoms with Gasteiger partial charge in [-0.25, -0.2) is 5.01 Å². The SMILES string of the molecule is CC(C)C1CC(=O)N(CCN)N1C. The molecule has 13 heavy (non-hydrogen) atoms. The molecule has 76 valence electrons. The molecule has 4 heteroatoms. The van der Waals surface area contributed by atoms with Crippen molar-refractivity contribution in [3.8, 4) is 0 Å². The van der Waals surface area contributed by atoms with Crippen LogP contribution in [0.2, 0.25) is 0 Å². The van der Waals surface area contributed by atoms with Crippen LogP contribution in [0.1, 0.15) is 20.3 Å². The number of hydrogen-bond acceptors (Lipinski definition) is 3. The van der Waals surface area contributed by atoms with Crippen LogP contribution in [0.3, 0.4) is 0 Å². The average Bonchev–Trinajstić information content (AvgIpc) is 2.32. The predicted molar refractivity (Wildman–Crippen MR) is 51.8 cm³/mol. The van der Waals surface area contributed by atoms with E-state index in [1.165, 1.54) is 0 Å². The number of carbonyl (C=O) groups excluding carboxylic acids is 1. The van der Waals surface area contributed by atoms with Crippen molar-refractivity contribution in [2.75, 3.05) is 20.1 Å². The van der Waals surface area contributed by atoms with Crippen molar-refractivity contribution in [3.05, 3.63) is 0 Å². The molecule has 0 spiro atoms. The first-order chi connectivity index (χ1) is 6.07. The summed E-state index contributed by atoms with van der Waals surface area (Å²) in [6, 6.07) is 0.346. The fourth-order valence-corrected chi connectivity index (χ4v) is 1.84. The second kappa shape index (κ2) is 4.07. The van der Waals surface area contributed by atoms with E-state index in [4.69, 9.17) is 5.73 Å². The summed E-state index contributed by atoms with van der Waals surface area (Å²) in [6.07, 6.45) is 0.633. The van der Waals surface area contributed by atoms with E-state index in [1.807, 2.05) is 12.1 Å². The Bertz CT molecular complexity index is 193. The maximum atomic E-state index is 11.5. The maximum Gasteiger partial charge on any atom is 0.238 e. The molecule has 0 aromatic rings. The highest BCUT2D eigenvalue weighted by Gasteiger charge is 2.35. The van der Waals surface area contributed by atoms with E-state index in [1.54, 1.807) is 5.01 Å². The van der Waals surface area contributed by atoms with Crippen LogP contribution in [0.5, 0.6) is 0 Å². The van der Waals surface area contributed by atoms with E-state index in [2.05, 4.69) is 13.8 Å². The summed E-state index contributed by atoms with van der Waals surface area (Å²) in [5.74, 6) is 0.711. The van der Waals surface area contributed by atoms with Crippen LogP contribution < -0.4 is 5.73 Å². The minimum Gasteiger partial charge on any atom is -0.329 e. The molecule has 0 bridgehead atoms. The van der Waals surface area contributed by atoms with Gasteiger partial charge in [-0.15, -0.1) is 0 Å². The van der Waals surface area contributed by atoms with Gasteiger partial charge in [-0.05, 0) is 5.92 Å². The van der Waals surface area contributed by atoms with Gasteiger partial charge in [0.1, 0.15) is 0 Å². The van der Waals surface area contributed by atoms with Crippen molar-refractivity contribution in [3.63, 3.8) is 0 Å². The van der Waals surface area contributed by atoms with Gasteiger partial charge in [0.15, 0.2) is 0 Å². The normalized spacial score (nSPS) is 24.8. The third-order valence-electron chi connectivity index (χ3n) is 2.64. The third kappa shape index (κ3) is 2.00. The van der Waals surface area contributed by atoms with E-state index in [9.17, 15) is 4.79 Å². The molecular weight excluding hydrogens is 166 g/mol. The third-order valence-corrected chi connectivity index (χ3v) is 2.64. The van der Waals surface area contributed by atoms with Crippen LogP contribution in [-0.2, 0) is 4.79 Å². The first-order valence-corrected chi connectivity index (χ1v) is 4.81. The molecule has 0 radical (unpaired) electrons. The summed E-state index contributed by atoms with van der Waals surface area (Å²) in [7, 11) is 1.96. The smallest absolute Gasteiger partial charge is 0.238 e. The predicted octanol–water partition coefficient (Wildman–Crippen LogP) is 0.0488. The highest BCUT2D eigenvalue weighted by atomic mass is 16.2. The van der Waals surface area contributed by atoms with Crippen molar-refractivity contribution >= 4 is 5.91 Å². The fraction of sp³-hybridized carbons (Fsp3) is 0.889. The molecule has 1 atom stereocenters. The number of rotatable bonds is 3. The van der Waals surface area contributed by atoms with Crippen LogP contribution in [-0.4, -0.2) is 42.1 Å². The highest BCUT2D eigenvalue weighted by molar-refractivity contribution is 5.78. The topological polar surface area (TPSA) is 49.6 Å². The fourth-order valence-electron chi connectivity index (χ4n) is 1.84. The van der Waals surface area contributed by atoms with E-state index < -0.39 is 0 Å². The molecule has 1 heterocycles. The molecule has 1 fully saturated rings. The molecule has 1 aliphatic rings. The average molecular weight is 185 g/mol. The zero-order valence-electron chi connectivity index (χ0n) is 8.66. The van der Waals surface area contributed by atoms with Crippen LogP contribution in [0.25, 0.3) is 0 Å². The second-order valence-electron chi connectivity index (χ2n) is 3.89. The molecule has 0 aliphatic carbocycles. The molecule has 1 saturated heterocycles. The Morgan fingerprint density at radius 1 is 1.62 bits per heavy atom. The van der Waals surface area contributed by atoms with Gasteiger partial charge in [0.2, 0.25) is 5.91 Å². The molecular formula is C9H19N3O. The molecule has 0 saturated carbocycles. The maximum absolute atomic E-state index is 11.5.